The van der Waals surface area contributed by atoms with Gasteiger partial charge in [0.2, 0.25) is 23.8 Å². The number of nitrogen functional groups attached to an aromatic ring is 1. The number of carbonyl (C=O) groups excluding carboxylic acids is 1. The van der Waals surface area contributed by atoms with Crippen LogP contribution in [0.4, 0.5) is 17.8 Å². The Labute approximate surface area is 116 Å². The van der Waals surface area contributed by atoms with Crippen molar-refractivity contribution < 1.29 is 9.53 Å². The van der Waals surface area contributed by atoms with E-state index in [1.807, 2.05) is 4.90 Å². The highest BCUT2D eigenvalue weighted by atomic mass is 16.5. The van der Waals surface area contributed by atoms with Gasteiger partial charge in [0.15, 0.2) is 0 Å². The van der Waals surface area contributed by atoms with Gasteiger partial charge >= 0.3 is 0 Å². The minimum atomic E-state index is -0.469. The Morgan fingerprint density at radius 3 is 2.70 bits per heavy atom. The number of hydrogen-bond acceptors (Lipinski definition) is 9. The van der Waals surface area contributed by atoms with E-state index < -0.39 is 5.91 Å². The molecule has 0 radical (unpaired) electrons. The number of aromatic nitrogens is 3. The molecular weight excluding hydrogens is 264 g/mol. The molecule has 1 aromatic rings. The molecule has 1 aliphatic heterocycles. The van der Waals surface area contributed by atoms with E-state index in [4.69, 9.17) is 16.3 Å². The Morgan fingerprint density at radius 2 is 2.10 bits per heavy atom. The van der Waals surface area contributed by atoms with Crippen LogP contribution in [-0.4, -0.2) is 60.8 Å². The third-order valence-electron chi connectivity index (χ3n) is 2.77. The molecular formula is C10H18N8O2. The number of amides is 1. The van der Waals surface area contributed by atoms with E-state index in [2.05, 4.69) is 20.4 Å². The van der Waals surface area contributed by atoms with Crippen molar-refractivity contribution >= 4 is 23.8 Å². The number of anilines is 3. The maximum Gasteiger partial charge on any atom is 0.243 e. The monoisotopic (exact) mass is 282 g/mol. The molecule has 0 saturated carbocycles. The van der Waals surface area contributed by atoms with Crippen molar-refractivity contribution in [3.05, 3.63) is 0 Å². The van der Waals surface area contributed by atoms with Gasteiger partial charge in [-0.3, -0.25) is 10.2 Å². The minimum Gasteiger partial charge on any atom is -0.378 e. The number of nitrogens with one attached hydrogen (secondary N) is 1. The van der Waals surface area contributed by atoms with Gasteiger partial charge in [0.1, 0.15) is 0 Å². The Hall–Kier alpha value is -2.20. The number of hydrogen-bond donors (Lipinski definition) is 3. The van der Waals surface area contributed by atoms with Crippen molar-refractivity contribution in [3.8, 4) is 0 Å². The van der Waals surface area contributed by atoms with Crippen molar-refractivity contribution in [2.75, 3.05) is 55.1 Å². The fourth-order valence-electron chi connectivity index (χ4n) is 1.80. The van der Waals surface area contributed by atoms with Crippen LogP contribution in [0.25, 0.3) is 0 Å². The van der Waals surface area contributed by atoms with Crippen LogP contribution in [0, 0.1) is 0 Å². The number of carbonyl (C=O) groups is 1. The van der Waals surface area contributed by atoms with Gasteiger partial charge in [-0.05, 0) is 0 Å². The number of rotatable bonds is 5. The van der Waals surface area contributed by atoms with Crippen LogP contribution in [0.3, 0.4) is 0 Å². The smallest absolute Gasteiger partial charge is 0.243 e. The lowest BCUT2D eigenvalue weighted by Gasteiger charge is -2.27. The molecule has 0 spiro atoms. The average Bonchev–Trinajstić information content (AvgIpc) is 2.47. The molecule has 1 fully saturated rings. The molecule has 0 atom stereocenters. The number of ether oxygens (including phenoxy) is 1. The number of hydrazine groups is 1. The topological polar surface area (TPSA) is 136 Å². The van der Waals surface area contributed by atoms with Gasteiger partial charge in [-0.2, -0.15) is 15.0 Å². The maximum atomic E-state index is 11.0. The second-order valence-electron chi connectivity index (χ2n) is 4.33. The van der Waals surface area contributed by atoms with E-state index in [1.54, 1.807) is 7.05 Å². The molecule has 0 unspecified atom stereocenters. The first-order valence-corrected chi connectivity index (χ1v) is 6.15. The zero-order chi connectivity index (χ0) is 14.5. The fourth-order valence-corrected chi connectivity index (χ4v) is 1.80. The van der Waals surface area contributed by atoms with Crippen molar-refractivity contribution in [2.45, 2.75) is 0 Å². The van der Waals surface area contributed by atoms with Crippen molar-refractivity contribution in [3.63, 3.8) is 0 Å². The van der Waals surface area contributed by atoms with Crippen LogP contribution in [0.1, 0.15) is 0 Å². The van der Waals surface area contributed by atoms with Crippen LogP contribution in [-0.2, 0) is 9.53 Å². The van der Waals surface area contributed by atoms with Gasteiger partial charge in [0.05, 0.1) is 19.8 Å². The van der Waals surface area contributed by atoms with Crippen LogP contribution in [0.2, 0.25) is 0 Å². The molecule has 1 amide bonds. The summed E-state index contributed by atoms with van der Waals surface area (Å²) in [6.07, 6.45) is 0. The largest absolute Gasteiger partial charge is 0.378 e. The highest BCUT2D eigenvalue weighted by Crippen LogP contribution is 2.16. The molecule has 0 bridgehead atoms. The van der Waals surface area contributed by atoms with Crippen LogP contribution in [0.15, 0.2) is 0 Å². The Kier molecular flexibility index (Phi) is 4.48. The molecule has 1 saturated heterocycles. The lowest BCUT2D eigenvalue weighted by molar-refractivity contribution is -0.116. The van der Waals surface area contributed by atoms with Gasteiger partial charge in [0, 0.05) is 20.1 Å². The molecule has 110 valence electrons. The summed E-state index contributed by atoms with van der Waals surface area (Å²) in [7, 11) is 1.67. The first-order chi connectivity index (χ1) is 9.60. The zero-order valence-electron chi connectivity index (χ0n) is 11.2. The third kappa shape index (κ3) is 3.42. The molecule has 5 N–H and O–H groups in total. The molecule has 20 heavy (non-hydrogen) atoms. The number of primary amides is 1. The van der Waals surface area contributed by atoms with E-state index in [0.717, 1.165) is 0 Å². The van der Waals surface area contributed by atoms with Crippen LogP contribution in [0.5, 0.6) is 0 Å². The quantitative estimate of drug-likeness (QED) is 0.410. The summed E-state index contributed by atoms with van der Waals surface area (Å²) in [4.78, 5) is 27.1. The number of nitrogens with zero attached hydrogens (tertiary/aromatic N) is 5. The number of likely N-dealkylation sites (N-methyl/N-ethyl adjacent to an activating group) is 1. The Morgan fingerprint density at radius 1 is 1.40 bits per heavy atom. The summed E-state index contributed by atoms with van der Waals surface area (Å²) in [5.74, 6) is 5.94. The van der Waals surface area contributed by atoms with Gasteiger partial charge < -0.3 is 20.3 Å². The first kappa shape index (κ1) is 14.2. The summed E-state index contributed by atoms with van der Waals surface area (Å²) in [5, 5.41) is 0. The molecule has 10 nitrogen and oxygen atoms in total. The predicted octanol–water partition coefficient (Wildman–Crippen LogP) is -2.08. The SMILES string of the molecule is CN(CC(N)=O)c1nc(NN)nc(N2CCOCC2)n1. The molecule has 1 aromatic heterocycles. The zero-order valence-corrected chi connectivity index (χ0v) is 11.2. The van der Waals surface area contributed by atoms with Crippen LogP contribution >= 0.6 is 0 Å². The second kappa shape index (κ2) is 6.30. The van der Waals surface area contributed by atoms with E-state index in [0.29, 0.717) is 38.2 Å². The van der Waals surface area contributed by atoms with Crippen molar-refractivity contribution in [1.29, 1.82) is 0 Å². The minimum absolute atomic E-state index is 0.0105. The van der Waals surface area contributed by atoms with Crippen molar-refractivity contribution in [2.24, 2.45) is 11.6 Å². The van der Waals surface area contributed by atoms with E-state index >= 15 is 0 Å². The lowest BCUT2D eigenvalue weighted by Crippen LogP contribution is -2.38. The van der Waals surface area contributed by atoms with E-state index in [9.17, 15) is 4.79 Å². The first-order valence-electron chi connectivity index (χ1n) is 6.15. The predicted molar refractivity (Wildman–Crippen MR) is 73.1 cm³/mol. The lowest BCUT2D eigenvalue weighted by atomic mass is 10.4. The average molecular weight is 282 g/mol. The Bertz CT molecular complexity index is 476. The standard InChI is InChI=1S/C10H18N8O2/c1-17(6-7(11)19)9-13-8(16-12)14-10(15-9)18-2-4-20-5-3-18/h2-6,12H2,1H3,(H2,11,19)(H,13,14,15,16). The van der Waals surface area contributed by atoms with E-state index in [-0.39, 0.29) is 12.5 Å². The van der Waals surface area contributed by atoms with Gasteiger partial charge in [-0.15, -0.1) is 0 Å². The Balaban J connectivity index is 2.25. The summed E-state index contributed by atoms with van der Waals surface area (Å²) in [5.41, 5.74) is 7.56. The normalized spacial score (nSPS) is 15.0. The highest BCUT2D eigenvalue weighted by molar-refractivity contribution is 5.78. The second-order valence-corrected chi connectivity index (χ2v) is 4.33. The molecule has 2 rings (SSSR count). The number of nitrogens with two attached hydrogens (primary N) is 2. The molecule has 1 aliphatic rings. The number of morpholine rings is 1. The maximum absolute atomic E-state index is 11.0. The molecule has 0 aromatic carbocycles. The van der Waals surface area contributed by atoms with E-state index in [1.165, 1.54) is 4.90 Å². The summed E-state index contributed by atoms with van der Waals surface area (Å²) < 4.78 is 5.28. The highest BCUT2D eigenvalue weighted by Gasteiger charge is 2.18. The molecule has 10 heteroatoms. The molecule has 0 aliphatic carbocycles. The summed E-state index contributed by atoms with van der Waals surface area (Å²) >= 11 is 0. The summed E-state index contributed by atoms with van der Waals surface area (Å²) in [6, 6.07) is 0. The molecule has 2 heterocycles. The van der Waals surface area contributed by atoms with Gasteiger partial charge in [-0.1, -0.05) is 0 Å². The third-order valence-corrected chi connectivity index (χ3v) is 2.77. The van der Waals surface area contributed by atoms with Crippen LogP contribution < -0.4 is 26.8 Å². The summed E-state index contributed by atoms with van der Waals surface area (Å²) in [6.45, 7) is 2.61. The van der Waals surface area contributed by atoms with Gasteiger partial charge in [-0.25, -0.2) is 5.84 Å². The fraction of sp³-hybridized carbons (Fsp3) is 0.600. The van der Waals surface area contributed by atoms with Gasteiger partial charge in [0.25, 0.3) is 0 Å². The van der Waals surface area contributed by atoms with Crippen molar-refractivity contribution in [1.82, 2.24) is 15.0 Å².